The van der Waals surface area contributed by atoms with Crippen LogP contribution in [0.2, 0.25) is 0 Å². The molecule has 318 valence electrons. The molecule has 14 nitrogen and oxygen atoms in total. The SMILES string of the molecule is CCCCCCCCCCCCC/C=C/[C@H]1OC(C)(C)N(C(=O)OC(C)(C)C)[C@H]1COP(=O)(O[C@@H](C)c1ccccc1[N+](=O)[O-])O[C@H](C)c1ccccc1[N+](=O)[O-]. The first-order valence-corrected chi connectivity index (χ1v) is 21.8. The quantitative estimate of drug-likeness (QED) is 0.0325. The van der Waals surface area contributed by atoms with Crippen molar-refractivity contribution >= 4 is 25.3 Å². The van der Waals surface area contributed by atoms with E-state index >= 15 is 0 Å². The molecule has 1 amide bonds. The van der Waals surface area contributed by atoms with Crippen LogP contribution in [0.5, 0.6) is 0 Å². The normalized spacial score (nSPS) is 19.0. The number of benzene rings is 2. The van der Waals surface area contributed by atoms with Crippen LogP contribution in [0.25, 0.3) is 0 Å². The zero-order valence-corrected chi connectivity index (χ0v) is 35.9. The van der Waals surface area contributed by atoms with Crippen LogP contribution in [-0.4, -0.2) is 50.9 Å². The Hall–Kier alpha value is -3.68. The molecule has 1 saturated heterocycles. The second kappa shape index (κ2) is 22.5. The number of carbonyl (C=O) groups excluding carboxylic acids is 1. The summed E-state index contributed by atoms with van der Waals surface area (Å²) >= 11 is 0. The van der Waals surface area contributed by atoms with Gasteiger partial charge in [-0.1, -0.05) is 108 Å². The van der Waals surface area contributed by atoms with Crippen molar-refractivity contribution in [1.82, 2.24) is 4.90 Å². The Morgan fingerprint density at radius 2 is 1.30 bits per heavy atom. The van der Waals surface area contributed by atoms with Gasteiger partial charge in [0.05, 0.1) is 45.8 Å². The number of nitro groups is 2. The average Bonchev–Trinajstić information content (AvgIpc) is 3.40. The molecule has 0 N–H and O–H groups in total. The van der Waals surface area contributed by atoms with Crippen LogP contribution in [0.3, 0.4) is 0 Å². The molecular weight excluding hydrogens is 753 g/mol. The van der Waals surface area contributed by atoms with Crippen molar-refractivity contribution in [2.45, 2.75) is 168 Å². The Morgan fingerprint density at radius 3 is 1.75 bits per heavy atom. The van der Waals surface area contributed by atoms with E-state index in [0.29, 0.717) is 0 Å². The lowest BCUT2D eigenvalue weighted by molar-refractivity contribution is -0.386. The summed E-state index contributed by atoms with van der Waals surface area (Å²) in [5.41, 5.74) is -2.34. The van der Waals surface area contributed by atoms with Gasteiger partial charge in [0.2, 0.25) is 0 Å². The van der Waals surface area contributed by atoms with Crippen LogP contribution < -0.4 is 0 Å². The molecule has 1 unspecified atom stereocenters. The van der Waals surface area contributed by atoms with Crippen LogP contribution in [0.4, 0.5) is 16.2 Å². The summed E-state index contributed by atoms with van der Waals surface area (Å²) in [6.45, 7) is 13.4. The number of phosphoric acid groups is 1. The Kier molecular flexibility index (Phi) is 18.8. The largest absolute Gasteiger partial charge is 0.476 e. The molecule has 0 aliphatic carbocycles. The number of allylic oxidation sites excluding steroid dienone is 1. The minimum absolute atomic E-state index is 0.109. The number of rotatable bonds is 24. The Bertz CT molecular complexity index is 1610. The maximum Gasteiger partial charge on any atom is 0.476 e. The van der Waals surface area contributed by atoms with Crippen molar-refractivity contribution < 1.29 is 42.3 Å². The predicted molar refractivity (Wildman–Crippen MR) is 220 cm³/mol. The molecule has 15 heteroatoms. The number of ether oxygens (including phenoxy) is 2. The molecule has 0 bridgehead atoms. The number of phosphoric ester groups is 1. The molecule has 1 aliphatic heterocycles. The summed E-state index contributed by atoms with van der Waals surface area (Å²) in [5.74, 6) is 0. The monoisotopic (exact) mass is 817 g/mol. The highest BCUT2D eigenvalue weighted by Crippen LogP contribution is 2.57. The molecule has 0 saturated carbocycles. The highest BCUT2D eigenvalue weighted by atomic mass is 31.2. The van der Waals surface area contributed by atoms with Gasteiger partial charge in [0.25, 0.3) is 11.4 Å². The first kappa shape index (κ1) is 47.7. The number of unbranched alkanes of at least 4 members (excludes halogenated alkanes) is 11. The minimum atomic E-state index is -4.74. The number of hydrogen-bond acceptors (Lipinski definition) is 11. The minimum Gasteiger partial charge on any atom is -0.444 e. The van der Waals surface area contributed by atoms with E-state index < -0.39 is 66.0 Å². The Labute approximate surface area is 338 Å². The van der Waals surface area contributed by atoms with Gasteiger partial charge in [-0.05, 0) is 73.4 Å². The molecule has 1 aliphatic rings. The van der Waals surface area contributed by atoms with Gasteiger partial charge in [-0.15, -0.1) is 0 Å². The zero-order valence-electron chi connectivity index (χ0n) is 35.1. The Morgan fingerprint density at radius 1 is 0.842 bits per heavy atom. The molecule has 1 heterocycles. The van der Waals surface area contributed by atoms with Crippen LogP contribution in [0.1, 0.15) is 156 Å². The third-order valence-electron chi connectivity index (χ3n) is 9.73. The highest BCUT2D eigenvalue weighted by Gasteiger charge is 2.51. The van der Waals surface area contributed by atoms with E-state index in [1.807, 2.05) is 12.2 Å². The van der Waals surface area contributed by atoms with E-state index in [4.69, 9.17) is 23.0 Å². The van der Waals surface area contributed by atoms with Crippen LogP contribution in [0.15, 0.2) is 60.7 Å². The topological polar surface area (TPSA) is 170 Å². The van der Waals surface area contributed by atoms with Crippen molar-refractivity contribution in [3.63, 3.8) is 0 Å². The van der Waals surface area contributed by atoms with E-state index in [1.54, 1.807) is 46.8 Å². The molecule has 1 fully saturated rings. The number of nitrogens with zero attached hydrogens (tertiary/aromatic N) is 3. The standard InChI is InChI=1S/C42H64N3O11P/c1-9-10-11-12-13-14-15-16-17-18-19-20-21-30-39-38(43(42(7,8)53-39)40(46)54-41(4,5)6)31-52-57(51,55-32(2)34-26-22-24-28-36(34)44(47)48)56-33(3)35-27-23-25-29-37(35)45(49)50/h21-30,32-33,38-39H,9-20,31H2,1-8H3/b30-21+/t32-,33+,38-,39+,57?/m0/s1. The van der Waals surface area contributed by atoms with Gasteiger partial charge in [-0.25, -0.2) is 9.36 Å². The number of carbonyl (C=O) groups is 1. The van der Waals surface area contributed by atoms with Crippen LogP contribution in [-0.2, 0) is 27.6 Å². The molecule has 57 heavy (non-hydrogen) atoms. The number of hydrogen-bond donors (Lipinski definition) is 0. The van der Waals surface area contributed by atoms with Gasteiger partial charge in [0.15, 0.2) is 0 Å². The van der Waals surface area contributed by atoms with Gasteiger partial charge in [-0.3, -0.25) is 38.7 Å². The Balaban J connectivity index is 1.85. The van der Waals surface area contributed by atoms with Gasteiger partial charge in [-0.2, -0.15) is 0 Å². The summed E-state index contributed by atoms with van der Waals surface area (Å²) < 4.78 is 44.9. The maximum absolute atomic E-state index is 14.8. The molecule has 2 aromatic rings. The number of para-hydroxylation sites is 2. The average molecular weight is 818 g/mol. The highest BCUT2D eigenvalue weighted by molar-refractivity contribution is 7.48. The summed E-state index contributed by atoms with van der Waals surface area (Å²) in [5, 5.41) is 23.7. The lowest BCUT2D eigenvalue weighted by Gasteiger charge is -2.35. The van der Waals surface area contributed by atoms with Crippen LogP contribution in [0, 0.1) is 20.2 Å². The van der Waals surface area contributed by atoms with Crippen molar-refractivity contribution in [1.29, 1.82) is 0 Å². The summed E-state index contributed by atoms with van der Waals surface area (Å²) in [7, 11) is -4.74. The van der Waals surface area contributed by atoms with E-state index in [1.165, 1.54) is 113 Å². The lowest BCUT2D eigenvalue weighted by atomic mass is 10.0. The predicted octanol–water partition coefficient (Wildman–Crippen LogP) is 12.5. The second-order valence-electron chi connectivity index (χ2n) is 16.1. The fraction of sp³-hybridized carbons (Fsp3) is 0.643. The maximum atomic E-state index is 14.8. The number of amides is 1. The molecule has 0 spiro atoms. The molecule has 3 rings (SSSR count). The lowest BCUT2D eigenvalue weighted by Crippen LogP contribution is -2.51. The third kappa shape index (κ3) is 15.2. The van der Waals surface area contributed by atoms with E-state index in [9.17, 15) is 29.6 Å². The van der Waals surface area contributed by atoms with Gasteiger partial charge in [0, 0.05) is 12.1 Å². The number of nitro benzene ring substituents is 2. The zero-order chi connectivity index (χ0) is 42.2. The van der Waals surface area contributed by atoms with Crippen LogP contribution >= 0.6 is 7.82 Å². The van der Waals surface area contributed by atoms with Crippen molar-refractivity contribution in [3.05, 3.63) is 92.0 Å². The van der Waals surface area contributed by atoms with E-state index in [2.05, 4.69) is 6.92 Å². The van der Waals surface area contributed by atoms with Crippen molar-refractivity contribution in [3.8, 4) is 0 Å². The molecule has 2 aromatic carbocycles. The summed E-state index contributed by atoms with van der Waals surface area (Å²) in [6.07, 6.45) is 14.5. The van der Waals surface area contributed by atoms with Gasteiger partial charge in [0.1, 0.15) is 17.4 Å². The first-order valence-electron chi connectivity index (χ1n) is 20.3. The molecule has 0 radical (unpaired) electrons. The molecule has 5 atom stereocenters. The fourth-order valence-corrected chi connectivity index (χ4v) is 8.43. The smallest absolute Gasteiger partial charge is 0.444 e. The van der Waals surface area contributed by atoms with E-state index in [-0.39, 0.29) is 22.5 Å². The second-order valence-corrected chi connectivity index (χ2v) is 17.6. The van der Waals surface area contributed by atoms with Gasteiger partial charge < -0.3 is 9.47 Å². The summed E-state index contributed by atoms with van der Waals surface area (Å²) in [6, 6.07) is 10.8. The summed E-state index contributed by atoms with van der Waals surface area (Å²) in [4.78, 5) is 37.7. The van der Waals surface area contributed by atoms with Crippen molar-refractivity contribution in [2.75, 3.05) is 6.61 Å². The molecular formula is C42H64N3O11P. The fourth-order valence-electron chi connectivity index (χ4n) is 6.92. The van der Waals surface area contributed by atoms with Gasteiger partial charge >= 0.3 is 13.9 Å². The van der Waals surface area contributed by atoms with Crippen molar-refractivity contribution in [2.24, 2.45) is 0 Å². The first-order chi connectivity index (χ1) is 26.9. The third-order valence-corrected chi connectivity index (χ3v) is 11.3. The molecule has 0 aromatic heterocycles. The van der Waals surface area contributed by atoms with E-state index in [0.717, 1.165) is 19.3 Å².